The van der Waals surface area contributed by atoms with Crippen molar-refractivity contribution in [2.45, 2.75) is 92.8 Å². The second-order valence-corrected chi connectivity index (χ2v) is 21.1. The fourth-order valence-corrected chi connectivity index (χ4v) is 10.00. The minimum absolute atomic E-state index is 0. The number of nitrogens with zero attached hydrogens (tertiary/aromatic N) is 2. The molecule has 7 rings (SSSR count). The fraction of sp³-hybridized carbons (Fsp3) is 0.333. The van der Waals surface area contributed by atoms with Crippen LogP contribution in [-0.2, 0) is 24.9 Å². The first kappa shape index (κ1) is 41.1. The van der Waals surface area contributed by atoms with Crippen LogP contribution >= 0.6 is 0 Å². The quantitative estimate of drug-likeness (QED) is 0.0488. The van der Waals surface area contributed by atoms with Gasteiger partial charge in [0.25, 0.3) is 0 Å². The van der Waals surface area contributed by atoms with E-state index in [2.05, 4.69) is 131 Å². The van der Waals surface area contributed by atoms with Gasteiger partial charge in [-0.15, -0.1) is 23.1 Å². The number of aliphatic hydroxyl groups excluding tert-OH is 1. The maximum absolute atomic E-state index is 11.7. The Morgan fingerprint density at radius 1 is 0.796 bits per heavy atom. The zero-order valence-electron chi connectivity index (χ0n) is 33.6. The second-order valence-electron chi connectivity index (χ2n) is 16.1. The van der Waals surface area contributed by atoms with Gasteiger partial charge in [-0.1, -0.05) is 126 Å². The minimum atomic E-state index is -1.59. The number of hydrogen-bond donors (Lipinski definition) is 1. The molecule has 1 radical (unpaired) electrons. The van der Waals surface area contributed by atoms with Gasteiger partial charge in [0.2, 0.25) is 0 Å². The van der Waals surface area contributed by atoms with Gasteiger partial charge in [-0.3, -0.25) is 4.79 Å². The Hall–Kier alpha value is -4.09. The Morgan fingerprint density at radius 2 is 1.37 bits per heavy atom. The molecule has 54 heavy (non-hydrogen) atoms. The Kier molecular flexibility index (Phi) is 12.4. The van der Waals surface area contributed by atoms with Gasteiger partial charge in [-0.25, -0.2) is 0 Å². The van der Waals surface area contributed by atoms with Crippen molar-refractivity contribution in [2.24, 2.45) is 11.8 Å². The summed E-state index contributed by atoms with van der Waals surface area (Å²) in [6.45, 7) is 24.6. The van der Waals surface area contributed by atoms with Crippen LogP contribution in [-0.4, -0.2) is 23.4 Å². The fourth-order valence-electron chi connectivity index (χ4n) is 8.41. The molecule has 0 unspecified atom stereocenters. The first-order valence-electron chi connectivity index (χ1n) is 19.6. The molecule has 0 amide bonds. The Labute approximate surface area is 337 Å². The van der Waals surface area contributed by atoms with E-state index in [1.165, 1.54) is 65.7 Å². The first-order chi connectivity index (χ1) is 25.3. The van der Waals surface area contributed by atoms with Crippen LogP contribution in [0.1, 0.15) is 84.3 Å². The predicted molar refractivity (Wildman–Crippen MR) is 230 cm³/mol. The zero-order chi connectivity index (χ0) is 38.4. The molecule has 0 saturated carbocycles. The molecule has 4 nitrogen and oxygen atoms in total. The van der Waals surface area contributed by atoms with E-state index in [1.807, 2.05) is 32.3 Å². The van der Waals surface area contributed by atoms with Crippen LogP contribution in [0.2, 0.25) is 19.6 Å². The van der Waals surface area contributed by atoms with Crippen molar-refractivity contribution in [2.75, 3.05) is 0 Å². The van der Waals surface area contributed by atoms with Gasteiger partial charge < -0.3 is 14.1 Å². The zero-order valence-corrected chi connectivity index (χ0v) is 37.0. The van der Waals surface area contributed by atoms with Crippen molar-refractivity contribution >= 4 is 67.9 Å². The summed E-state index contributed by atoms with van der Waals surface area (Å²) in [6, 6.07) is 27.0. The summed E-state index contributed by atoms with van der Waals surface area (Å²) in [7, 11) is 2.91. The SMILES string of the molecule is CCC(CC)C(=O)/C=C(\O)C(CC)CC.[CH2-]c1c(-c2c3c(cc[n+]2[CH2-])c2ccc([Si](C)(C)C)c4c5ccccc5n3c24)cc(C(C)C)c2ccccc12.[Ir]. The predicted octanol–water partition coefficient (Wildman–Crippen LogP) is 12.3. The third kappa shape index (κ3) is 7.09. The van der Waals surface area contributed by atoms with Crippen molar-refractivity contribution in [3.8, 4) is 11.3 Å². The molecule has 7 aromatic rings. The molecule has 6 heteroatoms. The number of hydrogen-bond acceptors (Lipinski definition) is 2. The Balaban J connectivity index is 0.000000301. The summed E-state index contributed by atoms with van der Waals surface area (Å²) >= 11 is 0. The summed E-state index contributed by atoms with van der Waals surface area (Å²) in [5.74, 6) is 0.941. The number of carbonyl (C=O) groups excluding carboxylic acids is 1. The van der Waals surface area contributed by atoms with Crippen molar-refractivity contribution in [1.29, 1.82) is 0 Å². The summed E-state index contributed by atoms with van der Waals surface area (Å²) in [6.07, 6.45) is 7.02. The van der Waals surface area contributed by atoms with Crippen LogP contribution in [0.5, 0.6) is 0 Å². The van der Waals surface area contributed by atoms with E-state index in [0.717, 1.165) is 42.5 Å². The molecule has 0 bridgehead atoms. The molecule has 3 aromatic heterocycles. The number of benzene rings is 4. The average molecular weight is 914 g/mol. The minimum Gasteiger partial charge on any atom is -0.512 e. The summed E-state index contributed by atoms with van der Waals surface area (Å²) in [5.41, 5.74) is 8.49. The van der Waals surface area contributed by atoms with Crippen LogP contribution in [0.4, 0.5) is 0 Å². The molecule has 4 aromatic carbocycles. The second kappa shape index (κ2) is 16.3. The largest absolute Gasteiger partial charge is 0.512 e. The van der Waals surface area contributed by atoms with E-state index >= 15 is 0 Å². The maximum Gasteiger partial charge on any atom is 0.162 e. The number of aromatic nitrogens is 2. The third-order valence-electron chi connectivity index (χ3n) is 11.5. The topological polar surface area (TPSA) is 45.6 Å². The van der Waals surface area contributed by atoms with E-state index < -0.39 is 8.07 Å². The molecular formula is C48H57IrN2O2Si-. The molecule has 0 aliphatic rings. The standard InChI is InChI=1S/C35H33N2Si.C13H24O2.Ir/c1-21(2)28-20-29(22(3)23-12-8-9-13-24(23)28)34-35-26(18-19-36(34)4)25-16-17-31(38(5,6)7)32-27-14-10-11-15-30(27)37(35)33(25)32;1-5-10(6-2)12(14)9-13(15)11(7-3)8-4;/h8-21H,3-4H2,1-2,5-7H3;9-11,14H,5-8H2,1-4H3;/q-1;;/b;12-9-;. The Bertz CT molecular complexity index is 2480. The summed E-state index contributed by atoms with van der Waals surface area (Å²) in [5, 5.41) is 19.1. The van der Waals surface area contributed by atoms with Crippen molar-refractivity contribution in [3.63, 3.8) is 0 Å². The number of para-hydroxylation sites is 1. The Morgan fingerprint density at radius 3 is 1.96 bits per heavy atom. The number of ketones is 1. The molecule has 0 aliphatic carbocycles. The molecular weight excluding hydrogens is 857 g/mol. The third-order valence-corrected chi connectivity index (χ3v) is 13.5. The normalized spacial score (nSPS) is 12.5. The van der Waals surface area contributed by atoms with E-state index in [4.69, 9.17) is 0 Å². The molecule has 0 fully saturated rings. The van der Waals surface area contributed by atoms with Gasteiger partial charge in [0, 0.05) is 61.2 Å². The molecule has 0 aliphatic heterocycles. The van der Waals surface area contributed by atoms with Crippen LogP contribution in [0.25, 0.3) is 60.1 Å². The van der Waals surface area contributed by atoms with Crippen molar-refractivity contribution in [3.05, 3.63) is 116 Å². The van der Waals surface area contributed by atoms with E-state index in [0.29, 0.717) is 5.92 Å². The monoisotopic (exact) mass is 914 g/mol. The van der Waals surface area contributed by atoms with Crippen LogP contribution in [0, 0.1) is 25.8 Å². The van der Waals surface area contributed by atoms with Crippen LogP contribution in [0.15, 0.2) is 90.8 Å². The average Bonchev–Trinajstić information content (AvgIpc) is 3.65. The van der Waals surface area contributed by atoms with Crippen molar-refractivity contribution < 1.29 is 34.6 Å². The van der Waals surface area contributed by atoms with Gasteiger partial charge in [-0.05, 0) is 49.1 Å². The van der Waals surface area contributed by atoms with Gasteiger partial charge in [0.05, 0.1) is 42.3 Å². The number of fused-ring (bicyclic) bond motifs is 7. The number of pyridine rings is 1. The molecule has 0 atom stereocenters. The number of rotatable bonds is 10. The molecule has 3 heterocycles. The molecule has 1 N–H and O–H groups in total. The van der Waals surface area contributed by atoms with E-state index in [1.54, 1.807) is 0 Å². The van der Waals surface area contributed by atoms with E-state index in [-0.39, 0.29) is 43.5 Å². The summed E-state index contributed by atoms with van der Waals surface area (Å²) in [4.78, 5) is 11.7. The first-order valence-corrected chi connectivity index (χ1v) is 23.1. The number of carbonyl (C=O) groups is 1. The van der Waals surface area contributed by atoms with Crippen molar-refractivity contribution in [1.82, 2.24) is 4.40 Å². The molecule has 0 spiro atoms. The van der Waals surface area contributed by atoms with Gasteiger partial charge in [-0.2, -0.15) is 12.5 Å². The van der Waals surface area contributed by atoms with E-state index in [9.17, 15) is 9.90 Å². The van der Waals surface area contributed by atoms with Gasteiger partial charge >= 0.3 is 0 Å². The number of allylic oxidation sites excluding steroid dienone is 2. The van der Waals surface area contributed by atoms with Crippen LogP contribution in [0.3, 0.4) is 0 Å². The summed E-state index contributed by atoms with van der Waals surface area (Å²) < 4.78 is 4.56. The molecule has 285 valence electrons. The van der Waals surface area contributed by atoms with Gasteiger partial charge in [0.1, 0.15) is 0 Å². The maximum atomic E-state index is 11.7. The van der Waals surface area contributed by atoms with Crippen LogP contribution < -0.4 is 9.75 Å². The molecule has 0 saturated heterocycles. The smallest absolute Gasteiger partial charge is 0.162 e. The number of aliphatic hydroxyl groups is 1. The van der Waals surface area contributed by atoms with Gasteiger partial charge in [0.15, 0.2) is 5.78 Å².